The van der Waals surface area contributed by atoms with E-state index in [1.807, 2.05) is 0 Å². The van der Waals surface area contributed by atoms with E-state index >= 15 is 0 Å². The fourth-order valence-corrected chi connectivity index (χ4v) is 5.95. The molecule has 0 radical (unpaired) electrons. The van der Waals surface area contributed by atoms with Crippen molar-refractivity contribution in [3.8, 4) is 5.75 Å². The van der Waals surface area contributed by atoms with Crippen LogP contribution in [-0.4, -0.2) is 36.2 Å². The van der Waals surface area contributed by atoms with Gasteiger partial charge in [-0.2, -0.15) is 0 Å². The van der Waals surface area contributed by atoms with Gasteiger partial charge >= 0.3 is 0 Å². The topological polar surface area (TPSA) is 50.5 Å². The van der Waals surface area contributed by atoms with Crippen LogP contribution >= 0.6 is 0 Å². The minimum atomic E-state index is -0.199. The molecular formula is C31H39N3O. The highest BCUT2D eigenvalue weighted by Crippen LogP contribution is 2.44. The lowest BCUT2D eigenvalue weighted by atomic mass is 9.91. The lowest BCUT2D eigenvalue weighted by Gasteiger charge is -2.38. The van der Waals surface area contributed by atoms with Crippen LogP contribution in [0.4, 0.5) is 5.69 Å². The van der Waals surface area contributed by atoms with E-state index < -0.39 is 0 Å². The molecule has 2 aliphatic heterocycles. The van der Waals surface area contributed by atoms with Gasteiger partial charge in [0.2, 0.25) is 0 Å². The van der Waals surface area contributed by atoms with Gasteiger partial charge in [0.05, 0.1) is 6.04 Å². The van der Waals surface area contributed by atoms with Crippen molar-refractivity contribution in [2.45, 2.75) is 64.6 Å². The molecule has 1 saturated heterocycles. The van der Waals surface area contributed by atoms with E-state index in [1.54, 1.807) is 0 Å². The summed E-state index contributed by atoms with van der Waals surface area (Å²) in [4.78, 5) is 2.59. The van der Waals surface area contributed by atoms with Gasteiger partial charge < -0.3 is 15.8 Å². The predicted molar refractivity (Wildman–Crippen MR) is 145 cm³/mol. The highest BCUT2D eigenvalue weighted by atomic mass is 16.5. The molecule has 0 amide bonds. The molecule has 3 N–H and O–H groups in total. The second-order valence-corrected chi connectivity index (χ2v) is 10.8. The summed E-state index contributed by atoms with van der Waals surface area (Å²) in [6.45, 7) is 11.8. The second-order valence-electron chi connectivity index (χ2n) is 10.8. The predicted octanol–water partition coefficient (Wildman–Crippen LogP) is 5.73. The van der Waals surface area contributed by atoms with E-state index in [4.69, 9.17) is 10.5 Å². The Labute approximate surface area is 210 Å². The van der Waals surface area contributed by atoms with E-state index in [2.05, 4.69) is 98.6 Å². The molecule has 0 unspecified atom stereocenters. The van der Waals surface area contributed by atoms with Crippen molar-refractivity contribution in [1.29, 1.82) is 0 Å². The average molecular weight is 470 g/mol. The molecule has 0 saturated carbocycles. The van der Waals surface area contributed by atoms with Crippen LogP contribution in [0.25, 0.3) is 0 Å². The van der Waals surface area contributed by atoms with Gasteiger partial charge in [-0.05, 0) is 81.4 Å². The minimum Gasteiger partial charge on any atom is -0.485 e. The molecule has 35 heavy (non-hydrogen) atoms. The number of nitrogens with two attached hydrogens (primary N) is 1. The van der Waals surface area contributed by atoms with E-state index in [1.165, 1.54) is 27.8 Å². The lowest BCUT2D eigenvalue weighted by Crippen LogP contribution is -2.50. The van der Waals surface area contributed by atoms with E-state index in [9.17, 15) is 0 Å². The molecule has 4 nitrogen and oxygen atoms in total. The first kappa shape index (κ1) is 23.9. The lowest BCUT2D eigenvalue weighted by molar-refractivity contribution is 0.0501. The fourth-order valence-electron chi connectivity index (χ4n) is 5.95. The monoisotopic (exact) mass is 469 g/mol. The Morgan fingerprint density at radius 3 is 2.06 bits per heavy atom. The van der Waals surface area contributed by atoms with Crippen molar-refractivity contribution in [3.05, 3.63) is 94.0 Å². The highest BCUT2D eigenvalue weighted by Gasteiger charge is 2.40. The van der Waals surface area contributed by atoms with Crippen LogP contribution in [0.3, 0.4) is 0 Å². The van der Waals surface area contributed by atoms with E-state index in [0.29, 0.717) is 6.04 Å². The van der Waals surface area contributed by atoms with Crippen LogP contribution in [0.15, 0.2) is 60.7 Å². The van der Waals surface area contributed by atoms with Crippen molar-refractivity contribution in [2.24, 2.45) is 0 Å². The molecule has 184 valence electrons. The molecule has 0 aromatic heterocycles. The largest absolute Gasteiger partial charge is 0.485 e. The van der Waals surface area contributed by atoms with Gasteiger partial charge in [-0.1, -0.05) is 60.7 Å². The van der Waals surface area contributed by atoms with Crippen molar-refractivity contribution in [2.75, 3.05) is 25.4 Å². The van der Waals surface area contributed by atoms with Gasteiger partial charge in [-0.25, -0.2) is 0 Å². The van der Waals surface area contributed by atoms with Crippen LogP contribution < -0.4 is 15.8 Å². The van der Waals surface area contributed by atoms with Gasteiger partial charge in [0.25, 0.3) is 0 Å². The van der Waals surface area contributed by atoms with Gasteiger partial charge in [0.15, 0.2) is 0 Å². The molecule has 3 aromatic carbocycles. The molecule has 3 aromatic rings. The number of nitrogens with zero attached hydrogens (tertiary/aromatic N) is 1. The van der Waals surface area contributed by atoms with Crippen molar-refractivity contribution >= 4 is 5.69 Å². The molecule has 2 aliphatic rings. The average Bonchev–Trinajstić information content (AvgIpc) is 3.24. The van der Waals surface area contributed by atoms with Gasteiger partial charge in [-0.3, -0.25) is 4.90 Å². The second kappa shape index (κ2) is 9.67. The number of nitrogens with one attached hydrogen (secondary N) is 1. The maximum atomic E-state index is 6.64. The number of piperidine rings is 1. The quantitative estimate of drug-likeness (QED) is 0.453. The summed E-state index contributed by atoms with van der Waals surface area (Å²) in [6, 6.07) is 22.4. The molecular weight excluding hydrogens is 430 g/mol. The van der Waals surface area contributed by atoms with Crippen LogP contribution in [-0.2, 0) is 6.42 Å². The first-order chi connectivity index (χ1) is 16.8. The maximum absolute atomic E-state index is 6.64. The number of benzene rings is 3. The van der Waals surface area contributed by atoms with Crippen LogP contribution in [0.1, 0.15) is 59.2 Å². The Balaban J connectivity index is 1.23. The maximum Gasteiger partial charge on any atom is 0.127 e. The summed E-state index contributed by atoms with van der Waals surface area (Å²) < 4.78 is 6.64. The molecule has 0 spiro atoms. The zero-order valence-electron chi connectivity index (χ0n) is 21.6. The van der Waals surface area contributed by atoms with Crippen LogP contribution in [0.5, 0.6) is 5.75 Å². The van der Waals surface area contributed by atoms with Crippen molar-refractivity contribution in [3.63, 3.8) is 0 Å². The summed E-state index contributed by atoms with van der Waals surface area (Å²) in [5, 5.41) is 3.98. The van der Waals surface area contributed by atoms with Crippen LogP contribution in [0.2, 0.25) is 0 Å². The summed E-state index contributed by atoms with van der Waals surface area (Å²) in [5.74, 6) is 1.07. The van der Waals surface area contributed by atoms with Crippen LogP contribution in [0, 0.1) is 20.8 Å². The number of hydrogen-bond donors (Lipinski definition) is 2. The van der Waals surface area contributed by atoms with Gasteiger partial charge in [0.1, 0.15) is 11.4 Å². The molecule has 0 aliphatic carbocycles. The third-order valence-electron chi connectivity index (χ3n) is 8.15. The van der Waals surface area contributed by atoms with Gasteiger partial charge in [-0.15, -0.1) is 0 Å². The first-order valence-electron chi connectivity index (χ1n) is 13.0. The minimum absolute atomic E-state index is 0.199. The molecule has 1 atom stereocenters. The number of nitrogen functional groups attached to an aromatic ring is 1. The Bertz CT molecular complexity index is 1090. The Hall–Kier alpha value is -2.82. The fraction of sp³-hybridized carbons (Fsp3) is 0.419. The van der Waals surface area contributed by atoms with E-state index in [-0.39, 0.29) is 11.6 Å². The number of fused-ring (bicyclic) bond motifs is 1. The number of hydrogen-bond acceptors (Lipinski definition) is 4. The smallest absolute Gasteiger partial charge is 0.127 e. The Kier molecular flexibility index (Phi) is 6.61. The molecule has 1 fully saturated rings. The standard InChI is InChI=1S/C31H39N3O/c1-21-22(2)30-27(23(3)28(21)32)19-31(4,35-30)20-34-17-15-26(16-18-34)33-29(24-11-7-5-8-12-24)25-13-9-6-10-14-25/h5-14,26,29,33H,15-20,32H2,1-4H3/t31-/m1/s1. The van der Waals surface area contributed by atoms with Crippen molar-refractivity contribution < 1.29 is 4.74 Å². The van der Waals surface area contributed by atoms with Gasteiger partial charge in [0, 0.05) is 30.3 Å². The SMILES string of the molecule is Cc1c(C)c2c(c(C)c1N)C[C@](C)(CN1CCC(NC(c3ccccc3)c3ccccc3)CC1)O2. The summed E-state index contributed by atoms with van der Waals surface area (Å²) in [7, 11) is 0. The highest BCUT2D eigenvalue weighted by molar-refractivity contribution is 5.66. The number of likely N-dealkylation sites (tertiary alicyclic amines) is 1. The normalized spacial score (nSPS) is 20.7. The molecule has 4 heteroatoms. The summed E-state index contributed by atoms with van der Waals surface area (Å²) >= 11 is 0. The third-order valence-corrected chi connectivity index (χ3v) is 8.15. The number of rotatable bonds is 6. The summed E-state index contributed by atoms with van der Waals surface area (Å²) in [5.41, 5.74) is 14.6. The Morgan fingerprint density at radius 2 is 1.49 bits per heavy atom. The zero-order valence-corrected chi connectivity index (χ0v) is 21.6. The molecule has 0 bridgehead atoms. The first-order valence-corrected chi connectivity index (χ1v) is 13.0. The third kappa shape index (κ3) is 4.82. The van der Waals surface area contributed by atoms with E-state index in [0.717, 1.165) is 55.9 Å². The molecule has 2 heterocycles. The summed E-state index contributed by atoms with van der Waals surface area (Å²) in [6.07, 6.45) is 3.22. The zero-order chi connectivity index (χ0) is 24.6. The number of anilines is 1. The number of ether oxygens (including phenoxy) is 1. The molecule has 5 rings (SSSR count). The van der Waals surface area contributed by atoms with Crippen molar-refractivity contribution in [1.82, 2.24) is 10.2 Å². The Morgan fingerprint density at radius 1 is 0.914 bits per heavy atom.